The molecule has 1 atom stereocenters. The van der Waals surface area contributed by atoms with Gasteiger partial charge in [0.05, 0.1) is 7.11 Å². The summed E-state index contributed by atoms with van der Waals surface area (Å²) in [5.41, 5.74) is 3.85. The van der Waals surface area contributed by atoms with Crippen LogP contribution in [0.3, 0.4) is 0 Å². The van der Waals surface area contributed by atoms with Gasteiger partial charge in [0.15, 0.2) is 0 Å². The lowest BCUT2D eigenvalue weighted by Crippen LogP contribution is -2.57. The molecule has 1 aromatic carbocycles. The molecule has 0 aromatic heterocycles. The highest BCUT2D eigenvalue weighted by atomic mass is 16.5. The Hall–Kier alpha value is -1.63. The molecule has 0 unspecified atom stereocenters. The molecule has 162 valence electrons. The second kappa shape index (κ2) is 9.92. The standard InChI is InChI=1S/C23H37N3O3/c1-17-18(2)23(29-4)6-5-20(17)15-25-12-13-26(16-22(25)9-14-27)21-7-10-24(11-8-21)19(3)28/h5-6,21-22,27H,7-16H2,1-4H3/t22-/m0/s1. The molecule has 1 amide bonds. The van der Waals surface area contributed by atoms with Crippen molar-refractivity contribution in [1.82, 2.24) is 14.7 Å². The Morgan fingerprint density at radius 2 is 1.86 bits per heavy atom. The van der Waals surface area contributed by atoms with E-state index in [0.717, 1.165) is 64.3 Å². The van der Waals surface area contributed by atoms with E-state index in [4.69, 9.17) is 4.74 Å². The molecule has 0 spiro atoms. The molecule has 0 radical (unpaired) electrons. The van der Waals surface area contributed by atoms with E-state index in [1.54, 1.807) is 14.0 Å². The van der Waals surface area contributed by atoms with Crippen LogP contribution in [0.15, 0.2) is 12.1 Å². The molecule has 29 heavy (non-hydrogen) atoms. The van der Waals surface area contributed by atoms with E-state index in [9.17, 15) is 9.90 Å². The third-order valence-electron chi connectivity index (χ3n) is 6.97. The van der Waals surface area contributed by atoms with Gasteiger partial charge in [0, 0.05) is 64.9 Å². The van der Waals surface area contributed by atoms with Crippen LogP contribution in [0.5, 0.6) is 5.75 Å². The summed E-state index contributed by atoms with van der Waals surface area (Å²) < 4.78 is 5.46. The van der Waals surface area contributed by atoms with Gasteiger partial charge >= 0.3 is 0 Å². The minimum Gasteiger partial charge on any atom is -0.496 e. The Balaban J connectivity index is 1.64. The van der Waals surface area contributed by atoms with Gasteiger partial charge in [-0.3, -0.25) is 14.6 Å². The summed E-state index contributed by atoms with van der Waals surface area (Å²) in [4.78, 5) is 18.7. The number of hydrogen-bond acceptors (Lipinski definition) is 5. The smallest absolute Gasteiger partial charge is 0.219 e. The second-order valence-corrected chi connectivity index (χ2v) is 8.55. The van der Waals surface area contributed by atoms with Gasteiger partial charge in [-0.1, -0.05) is 6.07 Å². The molecule has 2 aliphatic rings. The molecule has 2 aliphatic heterocycles. The predicted molar refractivity (Wildman–Crippen MR) is 115 cm³/mol. The summed E-state index contributed by atoms with van der Waals surface area (Å²) in [6, 6.07) is 5.17. The molecule has 6 heteroatoms. The highest BCUT2D eigenvalue weighted by Gasteiger charge is 2.32. The Morgan fingerprint density at radius 3 is 2.48 bits per heavy atom. The first-order valence-corrected chi connectivity index (χ1v) is 10.9. The van der Waals surface area contributed by atoms with Gasteiger partial charge in [0.2, 0.25) is 5.91 Å². The van der Waals surface area contributed by atoms with E-state index in [2.05, 4.69) is 35.8 Å². The van der Waals surface area contributed by atoms with Crippen LogP contribution in [0.2, 0.25) is 0 Å². The third-order valence-corrected chi connectivity index (χ3v) is 6.97. The van der Waals surface area contributed by atoms with E-state index in [0.29, 0.717) is 12.1 Å². The van der Waals surface area contributed by atoms with Crippen LogP contribution in [0.25, 0.3) is 0 Å². The van der Waals surface area contributed by atoms with Crippen molar-refractivity contribution in [2.75, 3.05) is 46.4 Å². The van der Waals surface area contributed by atoms with Gasteiger partial charge in [-0.25, -0.2) is 0 Å². The van der Waals surface area contributed by atoms with E-state index in [1.165, 1.54) is 16.7 Å². The van der Waals surface area contributed by atoms with Crippen molar-refractivity contribution < 1.29 is 14.6 Å². The van der Waals surface area contributed by atoms with E-state index in [1.807, 2.05) is 4.90 Å². The fraction of sp³-hybridized carbons (Fsp3) is 0.696. The summed E-state index contributed by atoms with van der Waals surface area (Å²) in [6.07, 6.45) is 2.92. The fourth-order valence-electron chi connectivity index (χ4n) is 4.89. The zero-order chi connectivity index (χ0) is 21.0. The Bertz CT molecular complexity index is 701. The number of aliphatic hydroxyl groups is 1. The molecule has 2 fully saturated rings. The molecule has 3 rings (SSSR count). The minimum atomic E-state index is 0.191. The largest absolute Gasteiger partial charge is 0.496 e. The molecule has 0 saturated carbocycles. The second-order valence-electron chi connectivity index (χ2n) is 8.55. The van der Waals surface area contributed by atoms with Crippen molar-refractivity contribution in [1.29, 1.82) is 0 Å². The SMILES string of the molecule is COc1ccc(CN2CCN(C3CCN(C(C)=O)CC3)C[C@@H]2CCO)c(C)c1C. The number of benzene rings is 1. The summed E-state index contributed by atoms with van der Waals surface area (Å²) >= 11 is 0. The van der Waals surface area contributed by atoms with Crippen LogP contribution >= 0.6 is 0 Å². The number of methoxy groups -OCH3 is 1. The molecule has 2 heterocycles. The normalized spacial score (nSPS) is 22.1. The summed E-state index contributed by atoms with van der Waals surface area (Å²) in [6.45, 7) is 11.9. The number of nitrogens with zero attached hydrogens (tertiary/aromatic N) is 3. The number of amides is 1. The number of carbonyl (C=O) groups is 1. The average Bonchev–Trinajstić information content (AvgIpc) is 2.73. The molecule has 2 saturated heterocycles. The number of aliphatic hydroxyl groups excluding tert-OH is 1. The summed E-state index contributed by atoms with van der Waals surface area (Å²) in [5, 5.41) is 9.66. The number of piperazine rings is 1. The number of rotatable bonds is 6. The molecule has 1 aromatic rings. The summed E-state index contributed by atoms with van der Waals surface area (Å²) in [5.74, 6) is 1.14. The fourth-order valence-corrected chi connectivity index (χ4v) is 4.89. The molecule has 0 bridgehead atoms. The lowest BCUT2D eigenvalue weighted by Gasteiger charge is -2.46. The third kappa shape index (κ3) is 5.11. The van der Waals surface area contributed by atoms with Crippen LogP contribution in [-0.2, 0) is 11.3 Å². The number of piperidine rings is 1. The van der Waals surface area contributed by atoms with Crippen molar-refractivity contribution >= 4 is 5.91 Å². The monoisotopic (exact) mass is 403 g/mol. The number of hydrogen-bond donors (Lipinski definition) is 1. The topological polar surface area (TPSA) is 56.2 Å². The first kappa shape index (κ1) is 22.1. The predicted octanol–water partition coefficient (Wildman–Crippen LogP) is 2.19. The minimum absolute atomic E-state index is 0.191. The zero-order valence-electron chi connectivity index (χ0n) is 18.5. The van der Waals surface area contributed by atoms with E-state index >= 15 is 0 Å². The zero-order valence-corrected chi connectivity index (χ0v) is 18.5. The first-order chi connectivity index (χ1) is 13.9. The van der Waals surface area contributed by atoms with Gasteiger partial charge in [-0.15, -0.1) is 0 Å². The van der Waals surface area contributed by atoms with Crippen molar-refractivity contribution in [3.63, 3.8) is 0 Å². The number of likely N-dealkylation sites (tertiary alicyclic amines) is 1. The maximum atomic E-state index is 11.6. The quantitative estimate of drug-likeness (QED) is 0.789. The Kier molecular flexibility index (Phi) is 7.55. The van der Waals surface area contributed by atoms with Gasteiger partial charge in [-0.2, -0.15) is 0 Å². The van der Waals surface area contributed by atoms with Crippen molar-refractivity contribution in [3.8, 4) is 5.75 Å². The van der Waals surface area contributed by atoms with Crippen LogP contribution in [0.4, 0.5) is 0 Å². The van der Waals surface area contributed by atoms with Crippen LogP contribution < -0.4 is 4.74 Å². The van der Waals surface area contributed by atoms with E-state index in [-0.39, 0.29) is 12.5 Å². The first-order valence-electron chi connectivity index (χ1n) is 10.9. The van der Waals surface area contributed by atoms with Crippen LogP contribution in [0.1, 0.15) is 42.9 Å². The maximum absolute atomic E-state index is 11.6. The summed E-state index contributed by atoms with van der Waals surface area (Å²) in [7, 11) is 1.72. The van der Waals surface area contributed by atoms with Gasteiger partial charge in [-0.05, 0) is 55.9 Å². The molecule has 6 nitrogen and oxygen atoms in total. The highest BCUT2D eigenvalue weighted by molar-refractivity contribution is 5.73. The van der Waals surface area contributed by atoms with E-state index < -0.39 is 0 Å². The number of carbonyl (C=O) groups excluding carboxylic acids is 1. The van der Waals surface area contributed by atoms with Gasteiger partial charge in [0.25, 0.3) is 0 Å². The van der Waals surface area contributed by atoms with Gasteiger partial charge in [0.1, 0.15) is 5.75 Å². The van der Waals surface area contributed by atoms with Crippen molar-refractivity contribution in [2.45, 2.75) is 58.7 Å². The van der Waals surface area contributed by atoms with Crippen LogP contribution in [-0.4, -0.2) is 84.2 Å². The average molecular weight is 404 g/mol. The molecule has 1 N–H and O–H groups in total. The maximum Gasteiger partial charge on any atom is 0.219 e. The molecular formula is C23H37N3O3. The lowest BCUT2D eigenvalue weighted by molar-refractivity contribution is -0.130. The van der Waals surface area contributed by atoms with Gasteiger partial charge < -0.3 is 14.7 Å². The number of ether oxygens (including phenoxy) is 1. The molecular weight excluding hydrogens is 366 g/mol. The Morgan fingerprint density at radius 1 is 1.14 bits per heavy atom. The van der Waals surface area contributed by atoms with Crippen molar-refractivity contribution in [2.24, 2.45) is 0 Å². The lowest BCUT2D eigenvalue weighted by atomic mass is 9.98. The van der Waals surface area contributed by atoms with Crippen LogP contribution in [0, 0.1) is 13.8 Å². The van der Waals surface area contributed by atoms with Crippen molar-refractivity contribution in [3.05, 3.63) is 28.8 Å². The highest BCUT2D eigenvalue weighted by Crippen LogP contribution is 2.27. The molecule has 0 aliphatic carbocycles. The Labute approximate surface area is 175 Å².